The number of nitrogens with zero attached hydrogens (tertiary/aromatic N) is 5. The van der Waals surface area contributed by atoms with Crippen molar-refractivity contribution >= 4 is 11.8 Å². The van der Waals surface area contributed by atoms with Crippen LogP contribution in [0, 0.1) is 0 Å². The van der Waals surface area contributed by atoms with Crippen LogP contribution in [0.2, 0.25) is 0 Å². The third-order valence-electron chi connectivity index (χ3n) is 2.37. The van der Waals surface area contributed by atoms with Crippen molar-refractivity contribution in [3.63, 3.8) is 0 Å². The zero-order valence-corrected chi connectivity index (χ0v) is 10.2. The van der Waals surface area contributed by atoms with Gasteiger partial charge in [0.15, 0.2) is 0 Å². The summed E-state index contributed by atoms with van der Waals surface area (Å²) in [6.07, 6.45) is 0. The Labute approximate surface area is 99.0 Å². The topological polar surface area (TPSA) is 95.1 Å². The number of rotatable bonds is 5. The molecule has 0 aliphatic rings. The smallest absolute Gasteiger partial charge is 0.295 e. The van der Waals surface area contributed by atoms with Gasteiger partial charge in [-0.1, -0.05) is 0 Å². The number of aromatic amines is 1. The number of H-pyrrole nitrogens is 1. The van der Waals surface area contributed by atoms with Crippen molar-refractivity contribution in [1.29, 1.82) is 0 Å². The number of amides is 2. The Bertz CT molecular complexity index is 373. The van der Waals surface area contributed by atoms with E-state index in [1.54, 1.807) is 4.90 Å². The van der Waals surface area contributed by atoms with Gasteiger partial charge in [-0.05, 0) is 19.1 Å². The summed E-state index contributed by atoms with van der Waals surface area (Å²) in [6, 6.07) is 0. The molecule has 1 aromatic rings. The van der Waals surface area contributed by atoms with Crippen molar-refractivity contribution in [2.24, 2.45) is 0 Å². The highest BCUT2D eigenvalue weighted by Crippen LogP contribution is 1.96. The highest BCUT2D eigenvalue weighted by molar-refractivity contribution is 5.93. The highest BCUT2D eigenvalue weighted by atomic mass is 16.2. The van der Waals surface area contributed by atoms with E-state index in [2.05, 4.69) is 20.6 Å². The molecule has 0 atom stereocenters. The van der Waals surface area contributed by atoms with Crippen LogP contribution in [0.1, 0.15) is 24.5 Å². The molecular formula is C9H16N6O2. The van der Waals surface area contributed by atoms with Gasteiger partial charge in [0.2, 0.25) is 5.91 Å². The van der Waals surface area contributed by atoms with Crippen LogP contribution in [-0.4, -0.2) is 68.9 Å². The number of aromatic nitrogens is 4. The van der Waals surface area contributed by atoms with Gasteiger partial charge >= 0.3 is 0 Å². The van der Waals surface area contributed by atoms with E-state index >= 15 is 0 Å². The molecule has 0 spiro atoms. The summed E-state index contributed by atoms with van der Waals surface area (Å²) >= 11 is 0. The summed E-state index contributed by atoms with van der Waals surface area (Å²) in [6.45, 7) is 5.04. The summed E-state index contributed by atoms with van der Waals surface area (Å²) in [5.41, 5.74) is 0. The Morgan fingerprint density at radius 1 is 1.29 bits per heavy atom. The Morgan fingerprint density at radius 2 is 1.94 bits per heavy atom. The largest absolute Gasteiger partial charge is 0.342 e. The SMILES string of the molecule is CCN(CC)C(=O)CN(C)C(=O)c1nn[nH]n1. The van der Waals surface area contributed by atoms with Crippen molar-refractivity contribution in [3.05, 3.63) is 5.82 Å². The first kappa shape index (κ1) is 13.1. The molecule has 17 heavy (non-hydrogen) atoms. The van der Waals surface area contributed by atoms with E-state index in [0.717, 1.165) is 0 Å². The van der Waals surface area contributed by atoms with Crippen molar-refractivity contribution in [3.8, 4) is 0 Å². The van der Waals surface area contributed by atoms with Crippen LogP contribution in [0.5, 0.6) is 0 Å². The second-order valence-corrected chi connectivity index (χ2v) is 3.46. The maximum Gasteiger partial charge on any atom is 0.295 e. The molecule has 8 heteroatoms. The summed E-state index contributed by atoms with van der Waals surface area (Å²) < 4.78 is 0. The molecule has 0 fully saturated rings. The number of carbonyl (C=O) groups is 2. The lowest BCUT2D eigenvalue weighted by atomic mass is 10.4. The third-order valence-corrected chi connectivity index (χ3v) is 2.37. The van der Waals surface area contributed by atoms with Crippen LogP contribution < -0.4 is 0 Å². The van der Waals surface area contributed by atoms with Crippen molar-refractivity contribution in [2.75, 3.05) is 26.7 Å². The molecular weight excluding hydrogens is 224 g/mol. The highest BCUT2D eigenvalue weighted by Gasteiger charge is 2.20. The van der Waals surface area contributed by atoms with E-state index in [1.807, 2.05) is 13.8 Å². The molecule has 1 N–H and O–H groups in total. The third kappa shape index (κ3) is 3.23. The molecule has 1 heterocycles. The van der Waals surface area contributed by atoms with E-state index in [-0.39, 0.29) is 18.3 Å². The first-order valence-corrected chi connectivity index (χ1v) is 5.36. The number of tetrazole rings is 1. The van der Waals surface area contributed by atoms with Crippen LogP contribution in [0.4, 0.5) is 0 Å². The van der Waals surface area contributed by atoms with Gasteiger partial charge in [-0.3, -0.25) is 9.59 Å². The number of likely N-dealkylation sites (N-methyl/N-ethyl adjacent to an activating group) is 2. The van der Waals surface area contributed by atoms with Gasteiger partial charge in [0.05, 0.1) is 6.54 Å². The molecule has 1 rings (SSSR count). The fourth-order valence-electron chi connectivity index (χ4n) is 1.37. The minimum absolute atomic E-state index is 0.00898. The Kier molecular flexibility index (Phi) is 4.56. The molecule has 0 radical (unpaired) electrons. The predicted molar refractivity (Wildman–Crippen MR) is 59.1 cm³/mol. The van der Waals surface area contributed by atoms with Crippen LogP contribution in [0.25, 0.3) is 0 Å². The molecule has 0 aliphatic carbocycles. The van der Waals surface area contributed by atoms with Crippen LogP contribution in [-0.2, 0) is 4.79 Å². The van der Waals surface area contributed by atoms with Crippen molar-refractivity contribution in [1.82, 2.24) is 30.4 Å². The maximum absolute atomic E-state index is 11.8. The number of hydrogen-bond donors (Lipinski definition) is 1. The average molecular weight is 240 g/mol. The van der Waals surface area contributed by atoms with Gasteiger partial charge in [0.1, 0.15) is 0 Å². The predicted octanol–water partition coefficient (Wildman–Crippen LogP) is -0.860. The monoisotopic (exact) mass is 240 g/mol. The van der Waals surface area contributed by atoms with Gasteiger partial charge in [0.25, 0.3) is 11.7 Å². The number of nitrogens with one attached hydrogen (secondary N) is 1. The van der Waals surface area contributed by atoms with E-state index in [1.165, 1.54) is 11.9 Å². The molecule has 0 aliphatic heterocycles. The lowest BCUT2D eigenvalue weighted by Crippen LogP contribution is -2.41. The summed E-state index contributed by atoms with van der Waals surface area (Å²) in [7, 11) is 1.53. The maximum atomic E-state index is 11.8. The summed E-state index contributed by atoms with van der Waals surface area (Å²) in [5, 5.41) is 12.6. The number of carbonyl (C=O) groups excluding carboxylic acids is 2. The molecule has 94 valence electrons. The second-order valence-electron chi connectivity index (χ2n) is 3.46. The molecule has 0 bridgehead atoms. The normalized spacial score (nSPS) is 10.1. The van der Waals surface area contributed by atoms with Crippen LogP contribution >= 0.6 is 0 Å². The molecule has 0 aromatic carbocycles. The van der Waals surface area contributed by atoms with Gasteiger partial charge in [-0.2, -0.15) is 5.21 Å². The fourth-order valence-corrected chi connectivity index (χ4v) is 1.37. The Morgan fingerprint density at radius 3 is 2.41 bits per heavy atom. The zero-order valence-electron chi connectivity index (χ0n) is 10.2. The summed E-state index contributed by atoms with van der Waals surface area (Å²) in [5.74, 6) is -0.576. The van der Waals surface area contributed by atoms with E-state index in [9.17, 15) is 9.59 Å². The van der Waals surface area contributed by atoms with E-state index in [0.29, 0.717) is 13.1 Å². The first-order valence-electron chi connectivity index (χ1n) is 5.36. The molecule has 0 saturated heterocycles. The Balaban J connectivity index is 2.57. The molecule has 2 amide bonds. The van der Waals surface area contributed by atoms with Gasteiger partial charge in [-0.15, -0.1) is 10.2 Å². The zero-order chi connectivity index (χ0) is 12.8. The molecule has 0 unspecified atom stereocenters. The minimum atomic E-state index is -0.431. The van der Waals surface area contributed by atoms with Gasteiger partial charge in [0, 0.05) is 20.1 Å². The van der Waals surface area contributed by atoms with Gasteiger partial charge in [-0.25, -0.2) is 0 Å². The number of hydrogen-bond acceptors (Lipinski definition) is 5. The standard InChI is InChI=1S/C9H16N6O2/c1-4-15(5-2)7(16)6-14(3)9(17)8-10-12-13-11-8/h4-6H2,1-3H3,(H,10,11,12,13). The quantitative estimate of drug-likeness (QED) is 0.722. The van der Waals surface area contributed by atoms with Crippen molar-refractivity contribution in [2.45, 2.75) is 13.8 Å². The second kappa shape index (κ2) is 5.92. The summed E-state index contributed by atoms with van der Waals surface area (Å²) in [4.78, 5) is 26.4. The van der Waals surface area contributed by atoms with Crippen LogP contribution in [0.15, 0.2) is 0 Å². The fraction of sp³-hybridized carbons (Fsp3) is 0.667. The molecule has 8 nitrogen and oxygen atoms in total. The lowest BCUT2D eigenvalue weighted by Gasteiger charge is -2.22. The Hall–Kier alpha value is -1.99. The molecule has 0 saturated carbocycles. The van der Waals surface area contributed by atoms with Gasteiger partial charge < -0.3 is 9.80 Å². The van der Waals surface area contributed by atoms with E-state index in [4.69, 9.17) is 0 Å². The lowest BCUT2D eigenvalue weighted by molar-refractivity contribution is -0.131. The minimum Gasteiger partial charge on any atom is -0.342 e. The van der Waals surface area contributed by atoms with E-state index < -0.39 is 5.91 Å². The van der Waals surface area contributed by atoms with Crippen molar-refractivity contribution < 1.29 is 9.59 Å². The first-order chi connectivity index (χ1) is 8.10. The molecule has 1 aromatic heterocycles. The average Bonchev–Trinajstić information content (AvgIpc) is 2.83. The van der Waals surface area contributed by atoms with Crippen LogP contribution in [0.3, 0.4) is 0 Å².